The minimum atomic E-state index is -1.34. The molecule has 0 aliphatic heterocycles. The molecule has 2 aromatic rings. The third-order valence-electron chi connectivity index (χ3n) is 2.73. The Kier molecular flexibility index (Phi) is 4.07. The highest BCUT2D eigenvalue weighted by Crippen LogP contribution is 2.23. The molecule has 8 heteroatoms. The van der Waals surface area contributed by atoms with Crippen molar-refractivity contribution in [2.24, 2.45) is 0 Å². The number of nitrogens with zero attached hydrogens (tertiary/aromatic N) is 3. The number of aromatic carboxylic acids is 1. The molecule has 2 rings (SSSR count). The normalized spacial score (nSPS) is 10.1. The minimum Gasteiger partial charge on any atom is -0.477 e. The van der Waals surface area contributed by atoms with E-state index in [-0.39, 0.29) is 5.56 Å². The second kappa shape index (κ2) is 5.95. The predicted octanol–water partition coefficient (Wildman–Crippen LogP) is 2.00. The molecule has 0 radical (unpaired) electrons. The fourth-order valence-corrected chi connectivity index (χ4v) is 1.68. The molecule has 0 unspecified atom stereocenters. The number of carboxylic acids is 1. The zero-order chi connectivity index (χ0) is 15.4. The highest BCUT2D eigenvalue weighted by Gasteiger charge is 2.19. The second-order valence-electron chi connectivity index (χ2n) is 4.30. The first kappa shape index (κ1) is 14.4. The van der Waals surface area contributed by atoms with E-state index in [9.17, 15) is 14.9 Å². The maximum Gasteiger partial charge on any atom is 0.342 e. The van der Waals surface area contributed by atoms with E-state index in [4.69, 9.17) is 5.11 Å². The number of hydrogen-bond donors (Lipinski definition) is 2. The van der Waals surface area contributed by atoms with Gasteiger partial charge >= 0.3 is 5.97 Å². The fourth-order valence-electron chi connectivity index (χ4n) is 1.68. The molecule has 2 N–H and O–H groups in total. The van der Waals surface area contributed by atoms with Crippen LogP contribution in [0.15, 0.2) is 30.6 Å². The number of anilines is 1. The number of aryl methyl sites for hydroxylation is 1. The van der Waals surface area contributed by atoms with Crippen molar-refractivity contribution in [3.05, 3.63) is 57.7 Å². The quantitative estimate of drug-likeness (QED) is 0.638. The van der Waals surface area contributed by atoms with Crippen LogP contribution in [-0.2, 0) is 6.54 Å². The van der Waals surface area contributed by atoms with Crippen LogP contribution in [0.5, 0.6) is 0 Å². The highest BCUT2D eigenvalue weighted by atomic mass is 16.6. The summed E-state index contributed by atoms with van der Waals surface area (Å²) in [6, 6.07) is 3.85. The Morgan fingerprint density at radius 2 is 2.14 bits per heavy atom. The van der Waals surface area contributed by atoms with Gasteiger partial charge in [0.15, 0.2) is 0 Å². The average Bonchev–Trinajstić information content (AvgIpc) is 2.46. The summed E-state index contributed by atoms with van der Waals surface area (Å²) in [6.07, 6.45) is 3.22. The van der Waals surface area contributed by atoms with Crippen molar-refractivity contribution in [3.63, 3.8) is 0 Å². The predicted molar refractivity (Wildman–Crippen MR) is 74.2 cm³/mol. The van der Waals surface area contributed by atoms with Gasteiger partial charge in [-0.25, -0.2) is 4.79 Å². The van der Waals surface area contributed by atoms with Crippen molar-refractivity contribution in [3.8, 4) is 0 Å². The summed E-state index contributed by atoms with van der Waals surface area (Å²) in [7, 11) is 0. The average molecular weight is 288 g/mol. The number of nitro benzene ring substituents is 1. The summed E-state index contributed by atoms with van der Waals surface area (Å²) in [5.74, 6) is -1.34. The number of rotatable bonds is 5. The van der Waals surface area contributed by atoms with E-state index in [1.54, 1.807) is 12.4 Å². The smallest absolute Gasteiger partial charge is 0.342 e. The number of nitrogens with one attached hydrogen (secondary N) is 1. The number of carbonyl (C=O) groups is 1. The molecular weight excluding hydrogens is 276 g/mol. The maximum absolute atomic E-state index is 10.9. The van der Waals surface area contributed by atoms with Crippen LogP contribution in [0.2, 0.25) is 0 Å². The molecule has 0 saturated carbocycles. The SMILES string of the molecule is Cc1cnc(CNc2ccc(C(=O)O)c([N+](=O)[O-])c2)cn1. The third-order valence-corrected chi connectivity index (χ3v) is 2.73. The van der Waals surface area contributed by atoms with Crippen LogP contribution >= 0.6 is 0 Å². The van der Waals surface area contributed by atoms with Crippen molar-refractivity contribution >= 4 is 17.3 Å². The Bertz CT molecular complexity index is 685. The van der Waals surface area contributed by atoms with Gasteiger partial charge in [-0.15, -0.1) is 0 Å². The van der Waals surface area contributed by atoms with Crippen molar-refractivity contribution in [2.75, 3.05) is 5.32 Å². The van der Waals surface area contributed by atoms with Crippen LogP contribution in [0.3, 0.4) is 0 Å². The Balaban J connectivity index is 2.17. The molecule has 0 aliphatic rings. The van der Waals surface area contributed by atoms with E-state index in [1.165, 1.54) is 18.2 Å². The number of aromatic nitrogens is 2. The largest absolute Gasteiger partial charge is 0.477 e. The van der Waals surface area contributed by atoms with Gasteiger partial charge in [0.1, 0.15) is 5.56 Å². The summed E-state index contributed by atoms with van der Waals surface area (Å²) >= 11 is 0. The number of benzene rings is 1. The van der Waals surface area contributed by atoms with Gasteiger partial charge in [-0.05, 0) is 19.1 Å². The molecule has 1 heterocycles. The Morgan fingerprint density at radius 3 is 2.71 bits per heavy atom. The zero-order valence-corrected chi connectivity index (χ0v) is 11.1. The first-order chi connectivity index (χ1) is 9.97. The molecule has 0 saturated heterocycles. The molecule has 8 nitrogen and oxygen atoms in total. The van der Waals surface area contributed by atoms with Gasteiger partial charge in [-0.2, -0.15) is 0 Å². The van der Waals surface area contributed by atoms with Gasteiger partial charge in [-0.3, -0.25) is 20.1 Å². The molecule has 0 bridgehead atoms. The third kappa shape index (κ3) is 3.50. The lowest BCUT2D eigenvalue weighted by Crippen LogP contribution is -2.06. The van der Waals surface area contributed by atoms with Crippen molar-refractivity contribution < 1.29 is 14.8 Å². The van der Waals surface area contributed by atoms with Crippen molar-refractivity contribution in [1.29, 1.82) is 0 Å². The van der Waals surface area contributed by atoms with E-state index in [0.717, 1.165) is 5.69 Å². The lowest BCUT2D eigenvalue weighted by molar-refractivity contribution is -0.385. The fraction of sp³-hybridized carbons (Fsp3) is 0.154. The number of nitro groups is 1. The molecule has 0 spiro atoms. The van der Waals surface area contributed by atoms with Crippen molar-refractivity contribution in [2.45, 2.75) is 13.5 Å². The summed E-state index contributed by atoms with van der Waals surface area (Å²) in [5, 5.41) is 22.7. The monoisotopic (exact) mass is 288 g/mol. The molecule has 0 fully saturated rings. The molecule has 1 aromatic heterocycles. The zero-order valence-electron chi connectivity index (χ0n) is 11.1. The summed E-state index contributed by atoms with van der Waals surface area (Å²) in [6.45, 7) is 2.15. The Labute approximate surface area is 119 Å². The first-order valence-corrected chi connectivity index (χ1v) is 6.00. The number of carboxylic acid groups (broad SMARTS) is 1. The van der Waals surface area contributed by atoms with Gasteiger partial charge in [0.25, 0.3) is 5.69 Å². The van der Waals surface area contributed by atoms with Crippen LogP contribution in [0, 0.1) is 17.0 Å². The van der Waals surface area contributed by atoms with Gasteiger partial charge in [0, 0.05) is 18.0 Å². The summed E-state index contributed by atoms with van der Waals surface area (Å²) < 4.78 is 0. The Hall–Kier alpha value is -3.03. The minimum absolute atomic E-state index is 0.330. The van der Waals surface area contributed by atoms with E-state index in [1.807, 2.05) is 6.92 Å². The van der Waals surface area contributed by atoms with E-state index < -0.39 is 16.6 Å². The van der Waals surface area contributed by atoms with Crippen LogP contribution in [0.1, 0.15) is 21.7 Å². The van der Waals surface area contributed by atoms with Gasteiger partial charge in [0.2, 0.25) is 0 Å². The summed E-state index contributed by atoms with van der Waals surface area (Å²) in [4.78, 5) is 29.3. The number of hydrogen-bond acceptors (Lipinski definition) is 6. The first-order valence-electron chi connectivity index (χ1n) is 6.00. The van der Waals surface area contributed by atoms with E-state index in [0.29, 0.717) is 17.9 Å². The topological polar surface area (TPSA) is 118 Å². The van der Waals surface area contributed by atoms with Crippen LogP contribution < -0.4 is 5.32 Å². The van der Waals surface area contributed by atoms with E-state index >= 15 is 0 Å². The van der Waals surface area contributed by atoms with Gasteiger partial charge < -0.3 is 10.4 Å². The standard InChI is InChI=1S/C13H12N4O4/c1-8-5-15-10(6-14-8)7-16-9-2-3-11(13(18)19)12(4-9)17(20)21/h2-6,16H,7H2,1H3,(H,18,19). The molecule has 0 aliphatic carbocycles. The molecule has 0 amide bonds. The molecule has 1 aromatic carbocycles. The lowest BCUT2D eigenvalue weighted by atomic mass is 10.1. The molecule has 108 valence electrons. The molecule has 0 atom stereocenters. The van der Waals surface area contributed by atoms with Gasteiger partial charge in [-0.1, -0.05) is 0 Å². The Morgan fingerprint density at radius 1 is 1.38 bits per heavy atom. The van der Waals surface area contributed by atoms with Crippen LogP contribution in [-0.4, -0.2) is 26.0 Å². The van der Waals surface area contributed by atoms with E-state index in [2.05, 4.69) is 15.3 Å². The van der Waals surface area contributed by atoms with Crippen LogP contribution in [0.25, 0.3) is 0 Å². The van der Waals surface area contributed by atoms with Crippen LogP contribution in [0.4, 0.5) is 11.4 Å². The lowest BCUT2D eigenvalue weighted by Gasteiger charge is -2.07. The van der Waals surface area contributed by atoms with Gasteiger partial charge in [0.05, 0.1) is 29.1 Å². The maximum atomic E-state index is 10.9. The molecular formula is C13H12N4O4. The summed E-state index contributed by atoms with van der Waals surface area (Å²) in [5.41, 5.74) is 1.10. The highest BCUT2D eigenvalue weighted by molar-refractivity contribution is 5.93. The van der Waals surface area contributed by atoms with Crippen molar-refractivity contribution in [1.82, 2.24) is 9.97 Å². The molecule has 21 heavy (non-hydrogen) atoms. The second-order valence-corrected chi connectivity index (χ2v) is 4.30.